The van der Waals surface area contributed by atoms with E-state index < -0.39 is 10.0 Å². The summed E-state index contributed by atoms with van der Waals surface area (Å²) in [5, 5.41) is 3.32. The molecule has 1 fully saturated rings. The van der Waals surface area contributed by atoms with Gasteiger partial charge in [0.15, 0.2) is 0 Å². The number of hydrogen-bond donors (Lipinski definition) is 1. The largest absolute Gasteiger partial charge is 0.385 e. The summed E-state index contributed by atoms with van der Waals surface area (Å²) < 4.78 is 27.3. The third-order valence-electron chi connectivity index (χ3n) is 4.04. The van der Waals surface area contributed by atoms with Gasteiger partial charge in [0.05, 0.1) is 4.90 Å². The van der Waals surface area contributed by atoms with E-state index in [1.54, 1.807) is 10.4 Å². The van der Waals surface area contributed by atoms with Crippen LogP contribution < -0.4 is 5.32 Å². The molecule has 0 aliphatic carbocycles. The number of hydrogen-bond acceptors (Lipinski definition) is 4. The maximum absolute atomic E-state index is 12.9. The molecule has 21 heavy (non-hydrogen) atoms. The lowest BCUT2D eigenvalue weighted by atomic mass is 10.0. The van der Waals surface area contributed by atoms with Crippen molar-refractivity contribution in [1.82, 2.24) is 4.31 Å². The van der Waals surface area contributed by atoms with Crippen LogP contribution in [0.1, 0.15) is 25.8 Å². The Morgan fingerprint density at radius 2 is 2.14 bits per heavy atom. The summed E-state index contributed by atoms with van der Waals surface area (Å²) >= 11 is 1.84. The van der Waals surface area contributed by atoms with Gasteiger partial charge in [-0.15, -0.1) is 0 Å². The Balaban J connectivity index is 1.91. The zero-order valence-corrected chi connectivity index (χ0v) is 14.2. The fourth-order valence-corrected chi connectivity index (χ4v) is 5.90. The molecule has 4 nitrogen and oxygen atoms in total. The molecular weight excluding hydrogens is 304 g/mol. The first-order valence-corrected chi connectivity index (χ1v) is 9.82. The Bertz CT molecular complexity index is 641. The lowest BCUT2D eigenvalue weighted by Gasteiger charge is -2.36. The monoisotopic (exact) mass is 326 g/mol. The number of nitrogens with one attached hydrogen (secondary N) is 1. The topological polar surface area (TPSA) is 49.4 Å². The Labute approximate surface area is 131 Å². The lowest BCUT2D eigenvalue weighted by Crippen LogP contribution is -2.46. The SMILES string of the molecule is CC1(C)CN(S(=O)(=O)c2ccc3c(c2)CCCN3)CCS1. The molecule has 1 aromatic rings. The van der Waals surface area contributed by atoms with Crippen LogP contribution >= 0.6 is 11.8 Å². The highest BCUT2D eigenvalue weighted by Gasteiger charge is 2.34. The third-order valence-corrected chi connectivity index (χ3v) is 7.18. The summed E-state index contributed by atoms with van der Waals surface area (Å²) in [7, 11) is -3.37. The molecule has 0 amide bonds. The first-order valence-electron chi connectivity index (χ1n) is 7.39. The molecule has 0 atom stereocenters. The quantitative estimate of drug-likeness (QED) is 0.907. The van der Waals surface area contributed by atoms with Crippen LogP contribution in [0, 0.1) is 0 Å². The number of fused-ring (bicyclic) bond motifs is 1. The van der Waals surface area contributed by atoms with E-state index in [4.69, 9.17) is 0 Å². The number of nitrogens with zero attached hydrogens (tertiary/aromatic N) is 1. The van der Waals surface area contributed by atoms with Gasteiger partial charge in [0.1, 0.15) is 0 Å². The minimum atomic E-state index is -3.37. The number of rotatable bonds is 2. The Kier molecular flexibility index (Phi) is 3.96. The van der Waals surface area contributed by atoms with Crippen molar-refractivity contribution in [2.24, 2.45) is 0 Å². The molecule has 0 radical (unpaired) electrons. The summed E-state index contributed by atoms with van der Waals surface area (Å²) in [4.78, 5) is 0.438. The van der Waals surface area contributed by atoms with Gasteiger partial charge in [-0.25, -0.2) is 8.42 Å². The van der Waals surface area contributed by atoms with E-state index in [0.717, 1.165) is 36.4 Å². The normalized spacial score (nSPS) is 22.4. The molecule has 0 bridgehead atoms. The zero-order chi connectivity index (χ0) is 15.1. The van der Waals surface area contributed by atoms with Crippen LogP contribution in [0.4, 0.5) is 5.69 Å². The van der Waals surface area contributed by atoms with E-state index in [9.17, 15) is 8.42 Å². The van der Waals surface area contributed by atoms with Crippen LogP contribution in [0.3, 0.4) is 0 Å². The smallest absolute Gasteiger partial charge is 0.243 e. The van der Waals surface area contributed by atoms with Crippen molar-refractivity contribution >= 4 is 27.5 Å². The van der Waals surface area contributed by atoms with E-state index in [-0.39, 0.29) is 4.75 Å². The molecule has 3 rings (SSSR count). The first-order chi connectivity index (χ1) is 9.88. The van der Waals surface area contributed by atoms with Crippen molar-refractivity contribution < 1.29 is 8.42 Å². The maximum atomic E-state index is 12.9. The highest BCUT2D eigenvalue weighted by Crippen LogP contribution is 2.33. The van der Waals surface area contributed by atoms with Crippen LogP contribution in [-0.2, 0) is 16.4 Å². The molecule has 1 saturated heterocycles. The minimum Gasteiger partial charge on any atom is -0.385 e. The number of benzene rings is 1. The first kappa shape index (κ1) is 15.2. The molecule has 1 N–H and O–H groups in total. The Morgan fingerprint density at radius 1 is 1.33 bits per heavy atom. The van der Waals surface area contributed by atoms with Gasteiger partial charge in [-0.05, 0) is 50.5 Å². The lowest BCUT2D eigenvalue weighted by molar-refractivity contribution is 0.387. The molecule has 1 aromatic carbocycles. The van der Waals surface area contributed by atoms with E-state index in [1.165, 1.54) is 0 Å². The summed E-state index contributed by atoms with van der Waals surface area (Å²) in [6, 6.07) is 5.50. The van der Waals surface area contributed by atoms with Crippen molar-refractivity contribution in [3.8, 4) is 0 Å². The zero-order valence-electron chi connectivity index (χ0n) is 12.6. The van der Waals surface area contributed by atoms with Gasteiger partial charge in [0, 0.05) is 35.8 Å². The molecule has 6 heteroatoms. The van der Waals surface area contributed by atoms with Gasteiger partial charge in [-0.2, -0.15) is 16.1 Å². The van der Waals surface area contributed by atoms with Gasteiger partial charge in [-0.1, -0.05) is 0 Å². The van der Waals surface area contributed by atoms with E-state index in [0.29, 0.717) is 18.0 Å². The van der Waals surface area contributed by atoms with Gasteiger partial charge in [0.2, 0.25) is 10.0 Å². The average molecular weight is 326 g/mol. The summed E-state index contributed by atoms with van der Waals surface area (Å²) in [6.07, 6.45) is 2.01. The van der Waals surface area contributed by atoms with Crippen LogP contribution in [0.5, 0.6) is 0 Å². The molecule has 2 aliphatic heterocycles. The van der Waals surface area contributed by atoms with Crippen molar-refractivity contribution in [3.05, 3.63) is 23.8 Å². The predicted octanol–water partition coefficient (Wildman–Crippen LogP) is 2.56. The average Bonchev–Trinajstić information content (AvgIpc) is 2.45. The molecule has 2 heterocycles. The number of aryl methyl sites for hydroxylation is 1. The number of anilines is 1. The van der Waals surface area contributed by atoms with E-state index >= 15 is 0 Å². The Hall–Kier alpha value is -0.720. The van der Waals surface area contributed by atoms with Crippen molar-refractivity contribution in [1.29, 1.82) is 0 Å². The van der Waals surface area contributed by atoms with Crippen LogP contribution in [0.15, 0.2) is 23.1 Å². The van der Waals surface area contributed by atoms with Crippen LogP contribution in [-0.4, -0.2) is 42.9 Å². The highest BCUT2D eigenvalue weighted by atomic mass is 32.2. The van der Waals surface area contributed by atoms with Crippen molar-refractivity contribution in [2.75, 3.05) is 30.7 Å². The molecule has 0 unspecified atom stereocenters. The molecule has 0 aromatic heterocycles. The summed E-state index contributed by atoms with van der Waals surface area (Å²) in [6.45, 7) is 6.37. The number of thioether (sulfide) groups is 1. The second-order valence-corrected chi connectivity index (χ2v) is 10.0. The van der Waals surface area contributed by atoms with Gasteiger partial charge >= 0.3 is 0 Å². The van der Waals surface area contributed by atoms with Gasteiger partial charge in [0.25, 0.3) is 0 Å². The van der Waals surface area contributed by atoms with Crippen molar-refractivity contribution in [3.63, 3.8) is 0 Å². The minimum absolute atomic E-state index is 0.0128. The predicted molar refractivity (Wildman–Crippen MR) is 88.5 cm³/mol. The molecule has 0 saturated carbocycles. The maximum Gasteiger partial charge on any atom is 0.243 e. The van der Waals surface area contributed by atoms with Gasteiger partial charge < -0.3 is 5.32 Å². The molecular formula is C15H22N2O2S2. The van der Waals surface area contributed by atoms with Crippen molar-refractivity contribution in [2.45, 2.75) is 36.3 Å². The highest BCUT2D eigenvalue weighted by molar-refractivity contribution is 8.00. The fourth-order valence-electron chi connectivity index (χ4n) is 2.94. The Morgan fingerprint density at radius 3 is 2.90 bits per heavy atom. The second-order valence-electron chi connectivity index (χ2n) is 6.30. The fraction of sp³-hybridized carbons (Fsp3) is 0.600. The second kappa shape index (κ2) is 5.48. The number of sulfonamides is 1. The standard InChI is InChI=1S/C15H22N2O2S2/c1-15(2)11-17(8-9-20-15)21(18,19)13-5-6-14-12(10-13)4-3-7-16-14/h5-6,10,16H,3-4,7-9,11H2,1-2H3. The summed E-state index contributed by atoms with van der Waals surface area (Å²) in [5.74, 6) is 0.860. The molecule has 0 spiro atoms. The van der Waals surface area contributed by atoms with Crippen LogP contribution in [0.2, 0.25) is 0 Å². The van der Waals surface area contributed by atoms with E-state index in [1.807, 2.05) is 23.9 Å². The summed E-state index contributed by atoms with van der Waals surface area (Å²) in [5.41, 5.74) is 2.20. The van der Waals surface area contributed by atoms with E-state index in [2.05, 4.69) is 19.2 Å². The molecule has 2 aliphatic rings. The molecule has 116 valence electrons. The van der Waals surface area contributed by atoms with Crippen LogP contribution in [0.25, 0.3) is 0 Å². The third kappa shape index (κ3) is 3.07. The van der Waals surface area contributed by atoms with Gasteiger partial charge in [-0.3, -0.25) is 0 Å².